The molecule has 0 aromatic rings. The molecule has 0 spiro atoms. The van der Waals surface area contributed by atoms with Gasteiger partial charge in [-0.25, -0.2) is 0 Å². The predicted octanol–water partition coefficient (Wildman–Crippen LogP) is 0.0786. The molecule has 0 saturated carbocycles. The van der Waals surface area contributed by atoms with Crippen LogP contribution in [0.4, 0.5) is 0 Å². The number of carbonyl (C=O) groups excluding carboxylic acids is 2. The van der Waals surface area contributed by atoms with Gasteiger partial charge in [0.05, 0.1) is 12.7 Å². The van der Waals surface area contributed by atoms with Crippen LogP contribution in [0.15, 0.2) is 0 Å². The summed E-state index contributed by atoms with van der Waals surface area (Å²) in [5.41, 5.74) is 0. The Bertz CT molecular complexity index is 400. The maximum Gasteiger partial charge on any atom is 0.246 e. The second kappa shape index (κ2) is 6.75. The third kappa shape index (κ3) is 3.55. The summed E-state index contributed by atoms with van der Waals surface area (Å²) in [5.74, 6) is 0.0293. The van der Waals surface area contributed by atoms with Crippen molar-refractivity contribution in [2.24, 2.45) is 5.92 Å². The number of morpholine rings is 1. The maximum atomic E-state index is 12.6. The van der Waals surface area contributed by atoms with E-state index >= 15 is 0 Å². The van der Waals surface area contributed by atoms with Crippen LogP contribution in [-0.2, 0) is 14.3 Å². The number of carbonyl (C=O) groups is 2. The third-order valence-corrected chi connectivity index (χ3v) is 4.43. The van der Waals surface area contributed by atoms with E-state index in [1.807, 2.05) is 13.8 Å². The molecule has 3 unspecified atom stereocenters. The zero-order valence-electron chi connectivity index (χ0n) is 13.5. The molecule has 3 atom stereocenters. The smallest absolute Gasteiger partial charge is 0.246 e. The van der Waals surface area contributed by atoms with E-state index in [0.29, 0.717) is 13.2 Å². The van der Waals surface area contributed by atoms with Crippen molar-refractivity contribution in [3.05, 3.63) is 0 Å². The summed E-state index contributed by atoms with van der Waals surface area (Å²) in [7, 11) is 0. The van der Waals surface area contributed by atoms with E-state index in [2.05, 4.69) is 17.1 Å². The van der Waals surface area contributed by atoms with Gasteiger partial charge in [0.2, 0.25) is 11.8 Å². The summed E-state index contributed by atoms with van der Waals surface area (Å²) < 4.78 is 5.77. The number of amides is 2. The van der Waals surface area contributed by atoms with Crippen molar-refractivity contribution in [2.45, 2.75) is 45.9 Å². The molecule has 0 aliphatic carbocycles. The molecule has 2 aliphatic heterocycles. The van der Waals surface area contributed by atoms with Gasteiger partial charge in [-0.15, -0.1) is 0 Å². The minimum absolute atomic E-state index is 0.00863. The van der Waals surface area contributed by atoms with Crippen molar-refractivity contribution in [3.8, 4) is 0 Å². The Balaban J connectivity index is 2.05. The highest BCUT2D eigenvalue weighted by Crippen LogP contribution is 2.17. The first kappa shape index (κ1) is 16.2. The number of ether oxygens (including phenoxy) is 1. The lowest BCUT2D eigenvalue weighted by Crippen LogP contribution is -2.65. The van der Waals surface area contributed by atoms with Gasteiger partial charge in [-0.05, 0) is 19.4 Å². The van der Waals surface area contributed by atoms with Crippen LogP contribution in [0, 0.1) is 5.92 Å². The van der Waals surface area contributed by atoms with Crippen LogP contribution in [0.2, 0.25) is 0 Å². The average Bonchev–Trinajstić information content (AvgIpc) is 2.47. The number of piperazine rings is 1. The van der Waals surface area contributed by atoms with E-state index in [4.69, 9.17) is 4.74 Å². The van der Waals surface area contributed by atoms with Gasteiger partial charge in [-0.3, -0.25) is 14.5 Å². The standard InChI is InChI=1S/C15H27N3O3/c1-5-17-6-7-21-12(8-17)9-18-11(4)14(19)16-13(10(2)3)15(18)20/h10-13H,5-9H2,1-4H3,(H,16,19). The monoisotopic (exact) mass is 297 g/mol. The van der Waals surface area contributed by atoms with Crippen molar-refractivity contribution >= 4 is 11.8 Å². The second-order valence-electron chi connectivity index (χ2n) is 6.28. The first-order chi connectivity index (χ1) is 9.93. The number of rotatable bonds is 4. The summed E-state index contributed by atoms with van der Waals surface area (Å²) >= 11 is 0. The fourth-order valence-electron chi connectivity index (χ4n) is 2.94. The molecule has 0 radical (unpaired) electrons. The van der Waals surface area contributed by atoms with Crippen LogP contribution in [-0.4, -0.2) is 72.6 Å². The van der Waals surface area contributed by atoms with E-state index in [-0.39, 0.29) is 23.8 Å². The van der Waals surface area contributed by atoms with Crippen LogP contribution in [0.5, 0.6) is 0 Å². The van der Waals surface area contributed by atoms with Crippen LogP contribution >= 0.6 is 0 Å². The summed E-state index contributed by atoms with van der Waals surface area (Å²) in [6.07, 6.45) is -0.0104. The van der Waals surface area contributed by atoms with Crippen molar-refractivity contribution in [2.75, 3.05) is 32.8 Å². The van der Waals surface area contributed by atoms with Gasteiger partial charge in [0, 0.05) is 19.6 Å². The summed E-state index contributed by atoms with van der Waals surface area (Å²) in [6, 6.07) is -0.840. The molecular weight excluding hydrogens is 270 g/mol. The molecule has 0 bridgehead atoms. The Labute approximate surface area is 126 Å². The largest absolute Gasteiger partial charge is 0.374 e. The van der Waals surface area contributed by atoms with Crippen molar-refractivity contribution in [3.63, 3.8) is 0 Å². The first-order valence-electron chi connectivity index (χ1n) is 7.88. The van der Waals surface area contributed by atoms with Crippen LogP contribution in [0.1, 0.15) is 27.7 Å². The van der Waals surface area contributed by atoms with E-state index in [0.717, 1.165) is 19.6 Å². The summed E-state index contributed by atoms with van der Waals surface area (Å²) in [4.78, 5) is 28.7. The zero-order chi connectivity index (χ0) is 15.6. The highest BCUT2D eigenvalue weighted by Gasteiger charge is 2.40. The average molecular weight is 297 g/mol. The normalized spacial score (nSPS) is 31.7. The molecule has 2 saturated heterocycles. The molecule has 6 nitrogen and oxygen atoms in total. The van der Waals surface area contributed by atoms with Crippen molar-refractivity contribution < 1.29 is 14.3 Å². The van der Waals surface area contributed by atoms with E-state index in [1.54, 1.807) is 11.8 Å². The molecule has 2 rings (SSSR count). The van der Waals surface area contributed by atoms with Gasteiger partial charge < -0.3 is 15.0 Å². The minimum atomic E-state index is -0.423. The minimum Gasteiger partial charge on any atom is -0.374 e. The summed E-state index contributed by atoms with van der Waals surface area (Å²) in [6.45, 7) is 11.7. The molecule has 120 valence electrons. The SMILES string of the molecule is CCN1CCOC(CN2C(=O)C(C(C)C)NC(=O)C2C)C1. The lowest BCUT2D eigenvalue weighted by molar-refractivity contribution is -0.153. The first-order valence-corrected chi connectivity index (χ1v) is 7.88. The second-order valence-corrected chi connectivity index (χ2v) is 6.28. The fourth-order valence-corrected chi connectivity index (χ4v) is 2.94. The zero-order valence-corrected chi connectivity index (χ0v) is 13.5. The van der Waals surface area contributed by atoms with Gasteiger partial charge in [-0.1, -0.05) is 20.8 Å². The van der Waals surface area contributed by atoms with Gasteiger partial charge >= 0.3 is 0 Å². The van der Waals surface area contributed by atoms with E-state index in [9.17, 15) is 9.59 Å². The number of hydrogen-bond donors (Lipinski definition) is 1. The van der Waals surface area contributed by atoms with Gasteiger partial charge in [-0.2, -0.15) is 0 Å². The lowest BCUT2D eigenvalue weighted by Gasteiger charge is -2.42. The molecule has 2 aliphatic rings. The topological polar surface area (TPSA) is 61.9 Å². The molecule has 1 N–H and O–H groups in total. The highest BCUT2D eigenvalue weighted by atomic mass is 16.5. The van der Waals surface area contributed by atoms with E-state index in [1.165, 1.54) is 0 Å². The molecule has 0 aromatic heterocycles. The quantitative estimate of drug-likeness (QED) is 0.798. The number of nitrogens with zero attached hydrogens (tertiary/aromatic N) is 2. The van der Waals surface area contributed by atoms with Gasteiger partial charge in [0.1, 0.15) is 12.1 Å². The fraction of sp³-hybridized carbons (Fsp3) is 0.867. The van der Waals surface area contributed by atoms with Gasteiger partial charge in [0.15, 0.2) is 0 Å². The molecule has 21 heavy (non-hydrogen) atoms. The van der Waals surface area contributed by atoms with Crippen LogP contribution in [0.25, 0.3) is 0 Å². The molecular formula is C15H27N3O3. The highest BCUT2D eigenvalue weighted by molar-refractivity contribution is 5.96. The Kier molecular flexibility index (Phi) is 5.22. The molecule has 0 aromatic carbocycles. The van der Waals surface area contributed by atoms with Crippen molar-refractivity contribution in [1.29, 1.82) is 0 Å². The molecule has 2 heterocycles. The Hall–Kier alpha value is -1.14. The number of likely N-dealkylation sites (N-methyl/N-ethyl adjacent to an activating group) is 1. The maximum absolute atomic E-state index is 12.6. The third-order valence-electron chi connectivity index (χ3n) is 4.43. The van der Waals surface area contributed by atoms with Crippen molar-refractivity contribution in [1.82, 2.24) is 15.1 Å². The van der Waals surface area contributed by atoms with Crippen LogP contribution < -0.4 is 5.32 Å². The molecule has 2 amide bonds. The Morgan fingerprint density at radius 2 is 2.10 bits per heavy atom. The number of hydrogen-bond acceptors (Lipinski definition) is 4. The van der Waals surface area contributed by atoms with Gasteiger partial charge in [0.25, 0.3) is 0 Å². The lowest BCUT2D eigenvalue weighted by atomic mass is 9.98. The number of nitrogens with one attached hydrogen (secondary N) is 1. The molecule has 6 heteroatoms. The Morgan fingerprint density at radius 1 is 1.38 bits per heavy atom. The Morgan fingerprint density at radius 3 is 2.71 bits per heavy atom. The van der Waals surface area contributed by atoms with Crippen LogP contribution in [0.3, 0.4) is 0 Å². The molecule has 2 fully saturated rings. The predicted molar refractivity (Wildman–Crippen MR) is 79.8 cm³/mol. The van der Waals surface area contributed by atoms with E-state index < -0.39 is 12.1 Å². The summed E-state index contributed by atoms with van der Waals surface area (Å²) in [5, 5.41) is 2.82.